The molecule has 0 amide bonds. The van der Waals surface area contributed by atoms with Gasteiger partial charge in [-0.3, -0.25) is 4.57 Å². The maximum Gasteiger partial charge on any atom is 0.167 e. The van der Waals surface area contributed by atoms with E-state index in [1.807, 2.05) is 50.5 Å². The summed E-state index contributed by atoms with van der Waals surface area (Å²) in [5.74, 6) is 0.704. The van der Waals surface area contributed by atoms with Gasteiger partial charge in [0.25, 0.3) is 0 Å². The molecule has 3 N–H and O–H groups in total. The fraction of sp³-hybridized carbons (Fsp3) is 0.522. The van der Waals surface area contributed by atoms with Crippen LogP contribution in [-0.4, -0.2) is 55.6 Å². The lowest BCUT2D eigenvalue weighted by Gasteiger charge is -2.13. The maximum atomic E-state index is 9.39. The minimum absolute atomic E-state index is 0.0554. The first-order valence-corrected chi connectivity index (χ1v) is 10.8. The van der Waals surface area contributed by atoms with Crippen molar-refractivity contribution in [3.63, 3.8) is 0 Å². The van der Waals surface area contributed by atoms with Gasteiger partial charge < -0.3 is 20.3 Å². The lowest BCUT2D eigenvalue weighted by molar-refractivity contribution is -0.0207. The van der Waals surface area contributed by atoms with Crippen molar-refractivity contribution in [3.8, 4) is 0 Å². The van der Waals surface area contributed by atoms with Crippen LogP contribution in [-0.2, 0) is 4.74 Å². The summed E-state index contributed by atoms with van der Waals surface area (Å²) in [4.78, 5) is 12.7. The van der Waals surface area contributed by atoms with E-state index in [1.165, 1.54) is 6.33 Å². The smallest absolute Gasteiger partial charge is 0.167 e. The normalized spacial score (nSPS) is 19.4. The van der Waals surface area contributed by atoms with Gasteiger partial charge >= 0.3 is 0 Å². The van der Waals surface area contributed by atoms with Crippen molar-refractivity contribution >= 4 is 17.0 Å². The average molecular weight is 432 g/mol. The molecule has 1 fully saturated rings. The molecule has 0 aliphatic carbocycles. The highest BCUT2D eigenvalue weighted by Gasteiger charge is 2.27. The van der Waals surface area contributed by atoms with Crippen molar-refractivity contribution in [2.75, 3.05) is 19.0 Å². The van der Waals surface area contributed by atoms with E-state index in [0.717, 1.165) is 36.0 Å². The topological polar surface area (TPSA) is 105 Å². The van der Waals surface area contributed by atoms with Crippen LogP contribution in [0.5, 0.6) is 0 Å². The summed E-state index contributed by atoms with van der Waals surface area (Å²) in [5, 5.41) is 21.5. The molecule has 8 heteroatoms. The Morgan fingerprint density at radius 1 is 1.35 bits per heavy atom. The molecule has 0 aromatic carbocycles. The Morgan fingerprint density at radius 3 is 2.65 bits per heavy atom. The molecule has 3 rings (SSSR count). The quantitative estimate of drug-likeness (QED) is 0.569. The Morgan fingerprint density at radius 2 is 2.10 bits per heavy atom. The summed E-state index contributed by atoms with van der Waals surface area (Å²) in [6, 6.07) is 0. The van der Waals surface area contributed by atoms with Gasteiger partial charge in [0, 0.05) is 7.05 Å². The zero-order valence-electron chi connectivity index (χ0n) is 19.3. The fourth-order valence-corrected chi connectivity index (χ4v) is 3.09. The van der Waals surface area contributed by atoms with E-state index in [2.05, 4.69) is 26.8 Å². The first kappa shape index (κ1) is 26.5. The molecule has 0 saturated carbocycles. The number of hydrogen-bond acceptors (Lipinski definition) is 7. The van der Waals surface area contributed by atoms with Crippen molar-refractivity contribution in [1.82, 2.24) is 19.5 Å². The molecular formula is C23H37N5O3. The Labute approximate surface area is 185 Å². The van der Waals surface area contributed by atoms with Gasteiger partial charge in [-0.1, -0.05) is 51.7 Å². The Kier molecular flexibility index (Phi) is 12.3. The first-order valence-electron chi connectivity index (χ1n) is 10.8. The van der Waals surface area contributed by atoms with Crippen LogP contribution in [0.1, 0.15) is 53.2 Å². The third-order valence-electron chi connectivity index (χ3n) is 4.72. The van der Waals surface area contributed by atoms with Crippen molar-refractivity contribution in [3.05, 3.63) is 49.1 Å². The highest BCUT2D eigenvalue weighted by Crippen LogP contribution is 2.30. The number of aliphatic hydroxyl groups is 2. The summed E-state index contributed by atoms with van der Waals surface area (Å²) in [6.07, 6.45) is 12.5. The lowest BCUT2D eigenvalue weighted by atomic mass is 10.1. The second-order valence-electron chi connectivity index (χ2n) is 6.58. The first-order chi connectivity index (χ1) is 15.1. The molecule has 2 aromatic heterocycles. The van der Waals surface area contributed by atoms with E-state index in [4.69, 9.17) is 9.84 Å². The molecule has 2 aromatic rings. The van der Waals surface area contributed by atoms with Crippen LogP contribution >= 0.6 is 0 Å². The van der Waals surface area contributed by atoms with E-state index in [9.17, 15) is 5.11 Å². The molecule has 3 heterocycles. The molecule has 172 valence electrons. The number of rotatable bonds is 7. The van der Waals surface area contributed by atoms with Gasteiger partial charge in [-0.2, -0.15) is 0 Å². The molecule has 31 heavy (non-hydrogen) atoms. The molecule has 1 aliphatic heterocycles. The van der Waals surface area contributed by atoms with E-state index < -0.39 is 0 Å². The van der Waals surface area contributed by atoms with E-state index in [0.29, 0.717) is 5.82 Å². The fourth-order valence-electron chi connectivity index (χ4n) is 3.09. The van der Waals surface area contributed by atoms with Crippen molar-refractivity contribution in [1.29, 1.82) is 0 Å². The number of hydrogen-bond donors (Lipinski definition) is 3. The summed E-state index contributed by atoms with van der Waals surface area (Å²) in [6.45, 7) is 11.5. The predicted octanol–water partition coefficient (Wildman–Crippen LogP) is 4.01. The van der Waals surface area contributed by atoms with E-state index in [-0.39, 0.29) is 25.0 Å². The number of fused-ring (bicyclic) bond motifs is 1. The summed E-state index contributed by atoms with van der Waals surface area (Å²) < 4.78 is 7.63. The minimum Gasteiger partial charge on any atom is -0.394 e. The third kappa shape index (κ3) is 7.27. The van der Waals surface area contributed by atoms with Gasteiger partial charge in [0.2, 0.25) is 0 Å². The van der Waals surface area contributed by atoms with Crippen molar-refractivity contribution in [2.24, 2.45) is 0 Å². The highest BCUT2D eigenvalue weighted by molar-refractivity contribution is 5.82. The molecule has 0 unspecified atom stereocenters. The summed E-state index contributed by atoms with van der Waals surface area (Å²) >= 11 is 0. The van der Waals surface area contributed by atoms with Crippen LogP contribution in [0, 0.1) is 0 Å². The third-order valence-corrected chi connectivity index (χ3v) is 4.72. The Balaban J connectivity index is 0.000000321. The maximum absolute atomic E-state index is 9.39. The minimum atomic E-state index is -0.337. The zero-order valence-corrected chi connectivity index (χ0v) is 19.3. The number of anilines is 1. The average Bonchev–Trinajstić information content (AvgIpc) is 3.47. The SMILES string of the molecule is C=C/C=C\C(=C/C)[C@@H](O)CC.CC.CNc1ncnc2c1ncn2[C@H]1CC[C@@H](CO)O1. The molecule has 0 spiro atoms. The molecule has 1 aliphatic rings. The highest BCUT2D eigenvalue weighted by atomic mass is 16.5. The number of aliphatic hydroxyl groups excluding tert-OH is 2. The second kappa shape index (κ2) is 14.5. The Hall–Kier alpha value is -2.55. The van der Waals surface area contributed by atoms with Gasteiger partial charge in [-0.25, -0.2) is 15.0 Å². The largest absolute Gasteiger partial charge is 0.394 e. The monoisotopic (exact) mass is 431 g/mol. The molecule has 3 atom stereocenters. The van der Waals surface area contributed by atoms with E-state index in [1.54, 1.807) is 19.5 Å². The van der Waals surface area contributed by atoms with Gasteiger partial charge in [-0.15, -0.1) is 0 Å². The van der Waals surface area contributed by atoms with Crippen molar-refractivity contribution in [2.45, 2.75) is 65.4 Å². The number of ether oxygens (including phenoxy) is 1. The molecule has 8 nitrogen and oxygen atoms in total. The molecule has 0 bridgehead atoms. The van der Waals surface area contributed by atoms with Crippen molar-refractivity contribution < 1.29 is 14.9 Å². The molecule has 0 radical (unpaired) electrons. The summed E-state index contributed by atoms with van der Waals surface area (Å²) in [7, 11) is 1.80. The standard InChI is InChI=1S/C11H15N5O2.C10H16O.C2H6/c1-12-10-9-11(14-5-13-10)16(6-15-9)8-3-2-7(4-17)18-8;1-4-7-8-9(5-2)10(11)6-3;1-2/h5-8,17H,2-4H2,1H3,(H,12,13,14);4-5,7-8,10-11H,1,6H2,2-3H3;1-2H3/b;8-7-,9-5+;/t7-,8+;10-;/m00./s1. The molecule has 1 saturated heterocycles. The predicted molar refractivity (Wildman–Crippen MR) is 126 cm³/mol. The van der Waals surface area contributed by atoms with Crippen LogP contribution in [0.2, 0.25) is 0 Å². The van der Waals surface area contributed by atoms with Crippen LogP contribution in [0.4, 0.5) is 5.82 Å². The number of nitrogens with zero attached hydrogens (tertiary/aromatic N) is 4. The van der Waals surface area contributed by atoms with Gasteiger partial charge in [0.05, 0.1) is 25.1 Å². The van der Waals surface area contributed by atoms with E-state index >= 15 is 0 Å². The summed E-state index contributed by atoms with van der Waals surface area (Å²) in [5.41, 5.74) is 2.43. The van der Waals surface area contributed by atoms with Crippen LogP contribution in [0.15, 0.2) is 49.1 Å². The van der Waals surface area contributed by atoms with Crippen LogP contribution < -0.4 is 5.32 Å². The van der Waals surface area contributed by atoms with Gasteiger partial charge in [-0.05, 0) is 31.8 Å². The zero-order chi connectivity index (χ0) is 23.2. The van der Waals surface area contributed by atoms with Gasteiger partial charge in [0.1, 0.15) is 18.1 Å². The second-order valence-corrected chi connectivity index (χ2v) is 6.58. The number of imidazole rings is 1. The van der Waals surface area contributed by atoms with Gasteiger partial charge in [0.15, 0.2) is 11.5 Å². The lowest BCUT2D eigenvalue weighted by Crippen LogP contribution is -2.14. The Bertz CT molecular complexity index is 847. The number of allylic oxidation sites excluding steroid dienone is 3. The number of aromatic nitrogens is 4. The van der Waals surface area contributed by atoms with Crippen LogP contribution in [0.25, 0.3) is 11.2 Å². The molecular weight excluding hydrogens is 394 g/mol. The van der Waals surface area contributed by atoms with Crippen LogP contribution in [0.3, 0.4) is 0 Å². The number of nitrogens with one attached hydrogen (secondary N) is 1.